The van der Waals surface area contributed by atoms with E-state index in [4.69, 9.17) is 0 Å². The summed E-state index contributed by atoms with van der Waals surface area (Å²) in [6.45, 7) is 0. The largest absolute Gasteiger partial charge is 1.00 e. The molecule has 0 aliphatic heterocycles. The van der Waals surface area contributed by atoms with Crippen LogP contribution in [0, 0.1) is 0 Å². The van der Waals surface area contributed by atoms with Crippen LogP contribution in [0.1, 0.15) is 9.67 Å². The predicted octanol–water partition coefficient (Wildman–Crippen LogP) is -2.34. The third kappa shape index (κ3) is 2.08. The summed E-state index contributed by atoms with van der Waals surface area (Å²) in [7, 11) is 0. The minimum Gasteiger partial charge on any atom is -0.544 e. The quantitative estimate of drug-likeness (QED) is 0.486. The van der Waals surface area contributed by atoms with Crippen LogP contribution in [0.2, 0.25) is 0 Å². The minimum absolute atomic E-state index is 0. The predicted molar refractivity (Wildman–Crippen MR) is 44.0 cm³/mol. The van der Waals surface area contributed by atoms with E-state index in [1.807, 2.05) is 6.07 Å². The Hall–Kier alpha value is -0.420. The summed E-state index contributed by atoms with van der Waals surface area (Å²) in [5, 5.41) is 11.3. The van der Waals surface area contributed by atoms with Crippen LogP contribution < -0.4 is 34.7 Å². The van der Waals surface area contributed by atoms with Gasteiger partial charge in [0.2, 0.25) is 0 Å². The van der Waals surface area contributed by atoms with Gasteiger partial charge >= 0.3 is 29.6 Å². The van der Waals surface area contributed by atoms with Gasteiger partial charge in [0.05, 0.1) is 10.8 Å². The fourth-order valence-corrected chi connectivity index (χ4v) is 1.81. The molecule has 0 atom stereocenters. The topological polar surface area (TPSA) is 53.0 Å². The summed E-state index contributed by atoms with van der Waals surface area (Å²) in [6, 6.07) is 5.17. The Morgan fingerprint density at radius 1 is 1.54 bits per heavy atom. The Morgan fingerprint density at radius 2 is 2.31 bits per heavy atom. The molecule has 0 N–H and O–H groups in total. The van der Waals surface area contributed by atoms with Crippen molar-refractivity contribution in [3.05, 3.63) is 29.3 Å². The first-order chi connectivity index (χ1) is 5.77. The monoisotopic (exact) mass is 201 g/mol. The third-order valence-corrected chi connectivity index (χ3v) is 2.53. The number of carbonyl (C=O) groups is 1. The molecule has 2 rings (SSSR count). The zero-order valence-electron chi connectivity index (χ0n) is 6.98. The second kappa shape index (κ2) is 4.19. The number of fused-ring (bicyclic) bond motifs is 1. The molecule has 2 aromatic rings. The first-order valence-electron chi connectivity index (χ1n) is 3.33. The Labute approximate surface area is 101 Å². The van der Waals surface area contributed by atoms with Crippen LogP contribution in [-0.4, -0.2) is 11.0 Å². The van der Waals surface area contributed by atoms with Gasteiger partial charge in [0.1, 0.15) is 4.83 Å². The Kier molecular flexibility index (Phi) is 3.44. The SMILES string of the molecule is O=C([O-])c1cc2cccnc2s1.[Na+]. The second-order valence-corrected chi connectivity index (χ2v) is 3.33. The first kappa shape index (κ1) is 10.7. The maximum atomic E-state index is 10.4. The van der Waals surface area contributed by atoms with Crippen molar-refractivity contribution in [1.82, 2.24) is 4.98 Å². The summed E-state index contributed by atoms with van der Waals surface area (Å²) in [4.78, 5) is 15.4. The van der Waals surface area contributed by atoms with E-state index in [1.54, 1.807) is 18.3 Å². The average molecular weight is 201 g/mol. The van der Waals surface area contributed by atoms with Gasteiger partial charge < -0.3 is 9.90 Å². The summed E-state index contributed by atoms with van der Waals surface area (Å²) < 4.78 is 0. The molecular formula is C8H4NNaO2S. The van der Waals surface area contributed by atoms with Gasteiger partial charge in [-0.05, 0) is 12.1 Å². The number of hydrogen-bond donors (Lipinski definition) is 0. The van der Waals surface area contributed by atoms with E-state index in [0.29, 0.717) is 0 Å². The van der Waals surface area contributed by atoms with Crippen LogP contribution in [-0.2, 0) is 0 Å². The standard InChI is InChI=1S/C8H5NO2S.Na/c10-8(11)6-4-5-2-1-3-9-7(5)12-6;/h1-4H,(H,10,11);/q;+1/p-1. The molecule has 13 heavy (non-hydrogen) atoms. The molecule has 0 bridgehead atoms. The van der Waals surface area contributed by atoms with Crippen molar-refractivity contribution in [1.29, 1.82) is 0 Å². The van der Waals surface area contributed by atoms with Gasteiger partial charge in [-0.2, -0.15) is 0 Å². The fraction of sp³-hybridized carbons (Fsp3) is 0. The Balaban J connectivity index is 0.000000845. The molecular weight excluding hydrogens is 197 g/mol. The van der Waals surface area contributed by atoms with Crippen LogP contribution in [0.5, 0.6) is 0 Å². The molecule has 0 unspecified atom stereocenters. The molecule has 2 heterocycles. The molecule has 3 nitrogen and oxygen atoms in total. The Morgan fingerprint density at radius 3 is 2.92 bits per heavy atom. The molecule has 0 amide bonds. The van der Waals surface area contributed by atoms with Crippen molar-refractivity contribution in [2.75, 3.05) is 0 Å². The molecule has 60 valence electrons. The van der Waals surface area contributed by atoms with E-state index in [-0.39, 0.29) is 34.4 Å². The molecule has 0 aliphatic carbocycles. The van der Waals surface area contributed by atoms with Crippen LogP contribution in [0.25, 0.3) is 10.2 Å². The number of rotatable bonds is 1. The van der Waals surface area contributed by atoms with Gasteiger partial charge in [-0.1, -0.05) is 6.07 Å². The molecule has 0 saturated heterocycles. The van der Waals surface area contributed by atoms with Crippen molar-refractivity contribution in [3.63, 3.8) is 0 Å². The summed E-state index contributed by atoms with van der Waals surface area (Å²) >= 11 is 1.13. The summed E-state index contributed by atoms with van der Waals surface area (Å²) in [5.41, 5.74) is 0. The summed E-state index contributed by atoms with van der Waals surface area (Å²) in [5.74, 6) is -1.14. The number of aromatic carboxylic acids is 1. The van der Waals surface area contributed by atoms with Crippen molar-refractivity contribution in [2.24, 2.45) is 0 Å². The van der Waals surface area contributed by atoms with Gasteiger partial charge in [0, 0.05) is 11.6 Å². The van der Waals surface area contributed by atoms with Gasteiger partial charge in [0.15, 0.2) is 0 Å². The van der Waals surface area contributed by atoms with Crippen LogP contribution in [0.3, 0.4) is 0 Å². The molecule has 0 aliphatic rings. The molecule has 0 aromatic carbocycles. The van der Waals surface area contributed by atoms with E-state index in [1.165, 1.54) is 0 Å². The van der Waals surface area contributed by atoms with Crippen molar-refractivity contribution in [3.8, 4) is 0 Å². The zero-order chi connectivity index (χ0) is 8.55. The number of aromatic nitrogens is 1. The maximum absolute atomic E-state index is 10.4. The van der Waals surface area contributed by atoms with E-state index in [0.717, 1.165) is 21.6 Å². The number of nitrogens with zero attached hydrogens (tertiary/aromatic N) is 1. The van der Waals surface area contributed by atoms with Crippen LogP contribution in [0.4, 0.5) is 0 Å². The van der Waals surface area contributed by atoms with Crippen LogP contribution >= 0.6 is 11.3 Å². The first-order valence-corrected chi connectivity index (χ1v) is 4.15. The number of carboxylic acids is 1. The fourth-order valence-electron chi connectivity index (χ4n) is 0.974. The Bertz CT molecular complexity index is 407. The number of carbonyl (C=O) groups excluding carboxylic acids is 1. The van der Waals surface area contributed by atoms with E-state index < -0.39 is 5.97 Å². The minimum atomic E-state index is -1.14. The van der Waals surface area contributed by atoms with Crippen molar-refractivity contribution >= 4 is 27.5 Å². The third-order valence-electron chi connectivity index (χ3n) is 1.50. The van der Waals surface area contributed by atoms with Gasteiger partial charge in [-0.3, -0.25) is 0 Å². The number of carboxylic acid groups (broad SMARTS) is 1. The van der Waals surface area contributed by atoms with Gasteiger partial charge in [-0.25, -0.2) is 4.98 Å². The molecule has 0 saturated carbocycles. The van der Waals surface area contributed by atoms with E-state index in [9.17, 15) is 9.90 Å². The molecule has 5 heteroatoms. The van der Waals surface area contributed by atoms with Crippen molar-refractivity contribution in [2.45, 2.75) is 0 Å². The number of pyridine rings is 1. The van der Waals surface area contributed by atoms with Crippen LogP contribution in [0.15, 0.2) is 24.4 Å². The average Bonchev–Trinajstić information content (AvgIpc) is 2.46. The second-order valence-electron chi connectivity index (χ2n) is 2.30. The molecule has 0 fully saturated rings. The maximum Gasteiger partial charge on any atom is 1.00 e. The smallest absolute Gasteiger partial charge is 0.544 e. The number of hydrogen-bond acceptors (Lipinski definition) is 4. The molecule has 0 spiro atoms. The summed E-state index contributed by atoms with van der Waals surface area (Å²) in [6.07, 6.45) is 1.64. The normalized spacial score (nSPS) is 9.54. The van der Waals surface area contributed by atoms with E-state index in [2.05, 4.69) is 4.98 Å². The van der Waals surface area contributed by atoms with Gasteiger partial charge in [-0.15, -0.1) is 11.3 Å². The number of thiophene rings is 1. The molecule has 2 aromatic heterocycles. The molecule has 0 radical (unpaired) electrons. The zero-order valence-corrected chi connectivity index (χ0v) is 9.80. The van der Waals surface area contributed by atoms with Gasteiger partial charge in [0.25, 0.3) is 0 Å². The van der Waals surface area contributed by atoms with E-state index >= 15 is 0 Å². The van der Waals surface area contributed by atoms with Crippen molar-refractivity contribution < 1.29 is 39.5 Å².